The van der Waals surface area contributed by atoms with Gasteiger partial charge in [0.05, 0.1) is 17.8 Å². The fourth-order valence-corrected chi connectivity index (χ4v) is 2.94. The van der Waals surface area contributed by atoms with Gasteiger partial charge in [0.15, 0.2) is 12.4 Å². The molecule has 4 heterocycles. The molecule has 7 heteroatoms. The maximum absolute atomic E-state index is 12.7. The van der Waals surface area contributed by atoms with E-state index in [4.69, 9.17) is 4.52 Å². The van der Waals surface area contributed by atoms with E-state index in [2.05, 4.69) is 20.8 Å². The van der Waals surface area contributed by atoms with E-state index >= 15 is 0 Å². The number of aromatic nitrogens is 2. The smallest absolute Gasteiger partial charge is 0.269 e. The Morgan fingerprint density at radius 1 is 1.48 bits per heavy atom. The zero-order valence-electron chi connectivity index (χ0n) is 13.7. The lowest BCUT2D eigenvalue weighted by molar-refractivity contribution is -0.379. The fraction of sp³-hybridized carbons (Fsp3) is 0.167. The van der Waals surface area contributed by atoms with Crippen LogP contribution in [-0.4, -0.2) is 16.0 Å². The summed E-state index contributed by atoms with van der Waals surface area (Å²) in [6, 6.07) is 5.75. The number of carbonyl (C=O) groups excluding carboxylic acids is 1. The molecular formula is C18H18N5O2+. The number of amides is 1. The highest BCUT2D eigenvalue weighted by atomic mass is 16.5. The van der Waals surface area contributed by atoms with Crippen molar-refractivity contribution in [1.29, 1.82) is 0 Å². The molecule has 0 bridgehead atoms. The van der Waals surface area contributed by atoms with Crippen LogP contribution in [0.15, 0.2) is 70.9 Å². The van der Waals surface area contributed by atoms with Crippen LogP contribution in [0.4, 0.5) is 0 Å². The summed E-state index contributed by atoms with van der Waals surface area (Å²) in [6.45, 7) is 2.14. The summed E-state index contributed by atoms with van der Waals surface area (Å²) in [5.41, 5.74) is 3.11. The minimum Gasteiger partial charge on any atom is -0.361 e. The number of allylic oxidation sites excluding steroid dienone is 3. The van der Waals surface area contributed by atoms with Crippen molar-refractivity contribution >= 4 is 5.91 Å². The number of aromatic amines is 1. The first-order chi connectivity index (χ1) is 12.2. The topological polar surface area (TPSA) is 84.5 Å². The molecule has 0 saturated heterocycles. The van der Waals surface area contributed by atoms with Crippen molar-refractivity contribution in [3.8, 4) is 0 Å². The third-order valence-electron chi connectivity index (χ3n) is 4.09. The average Bonchev–Trinajstić information content (AvgIpc) is 3.24. The average molecular weight is 336 g/mol. The highest BCUT2D eigenvalue weighted by Crippen LogP contribution is 2.33. The quantitative estimate of drug-likeness (QED) is 0.879. The summed E-state index contributed by atoms with van der Waals surface area (Å²) in [5.74, 6) is 0.542. The van der Waals surface area contributed by atoms with E-state index in [0.29, 0.717) is 17.9 Å². The second-order valence-electron chi connectivity index (χ2n) is 5.86. The fourth-order valence-electron chi connectivity index (χ4n) is 2.94. The van der Waals surface area contributed by atoms with Crippen LogP contribution in [0, 0.1) is 6.92 Å². The summed E-state index contributed by atoms with van der Waals surface area (Å²) in [6.07, 6.45) is 11.4. The molecule has 0 spiro atoms. The van der Waals surface area contributed by atoms with Crippen LogP contribution in [0.25, 0.3) is 0 Å². The van der Waals surface area contributed by atoms with E-state index in [-0.39, 0.29) is 12.1 Å². The van der Waals surface area contributed by atoms with Gasteiger partial charge in [-0.3, -0.25) is 4.79 Å². The monoisotopic (exact) mass is 336 g/mol. The van der Waals surface area contributed by atoms with E-state index in [1.807, 2.05) is 60.8 Å². The van der Waals surface area contributed by atoms with Crippen molar-refractivity contribution in [2.24, 2.45) is 0 Å². The van der Waals surface area contributed by atoms with Crippen LogP contribution in [-0.2, 0) is 11.3 Å². The molecular weight excluding hydrogens is 318 g/mol. The molecule has 1 unspecified atom stereocenters. The van der Waals surface area contributed by atoms with Gasteiger partial charge in [-0.25, -0.2) is 4.98 Å². The van der Waals surface area contributed by atoms with Gasteiger partial charge in [-0.2, -0.15) is 0 Å². The van der Waals surface area contributed by atoms with Crippen LogP contribution in [0.5, 0.6) is 0 Å². The molecule has 2 aromatic rings. The summed E-state index contributed by atoms with van der Waals surface area (Å²) in [5, 5.41) is 10.1. The zero-order chi connectivity index (χ0) is 17.2. The lowest BCUT2D eigenvalue weighted by Gasteiger charge is -2.24. The number of nitrogens with one attached hydrogen (secondary N) is 3. The Kier molecular flexibility index (Phi) is 3.81. The molecule has 0 aliphatic carbocycles. The van der Waals surface area contributed by atoms with Crippen LogP contribution >= 0.6 is 0 Å². The lowest BCUT2D eigenvalue weighted by Crippen LogP contribution is -2.32. The van der Waals surface area contributed by atoms with Crippen LogP contribution in [0.3, 0.4) is 0 Å². The minimum atomic E-state index is -0.178. The van der Waals surface area contributed by atoms with Gasteiger partial charge in [0.25, 0.3) is 5.91 Å². The maximum Gasteiger partial charge on any atom is 0.269 e. The van der Waals surface area contributed by atoms with E-state index in [9.17, 15) is 4.79 Å². The molecule has 0 fully saturated rings. The third-order valence-corrected chi connectivity index (χ3v) is 4.09. The first-order valence-electron chi connectivity index (χ1n) is 8.03. The molecule has 0 saturated carbocycles. The number of H-pyrrole nitrogens is 1. The molecule has 0 aromatic carbocycles. The molecule has 2 aromatic heterocycles. The van der Waals surface area contributed by atoms with Crippen molar-refractivity contribution < 1.29 is 14.3 Å². The normalized spacial score (nSPS) is 18.3. The first kappa shape index (κ1) is 15.2. The van der Waals surface area contributed by atoms with Gasteiger partial charge in [0.1, 0.15) is 23.3 Å². The SMILES string of the molecule is Cc1cc(CNC(=O)C2=C3C=CC=CN3C(c3ccc[nH+]c3)N2)no1. The van der Waals surface area contributed by atoms with Crippen LogP contribution in [0.2, 0.25) is 0 Å². The number of hydrogen-bond donors (Lipinski definition) is 2. The van der Waals surface area contributed by atoms with Crippen molar-refractivity contribution in [2.75, 3.05) is 0 Å². The van der Waals surface area contributed by atoms with Gasteiger partial charge in [-0.05, 0) is 25.1 Å². The Morgan fingerprint density at radius 2 is 2.40 bits per heavy atom. The van der Waals surface area contributed by atoms with Gasteiger partial charge in [0.2, 0.25) is 0 Å². The summed E-state index contributed by atoms with van der Waals surface area (Å²) in [7, 11) is 0. The predicted molar refractivity (Wildman–Crippen MR) is 89.1 cm³/mol. The largest absolute Gasteiger partial charge is 0.361 e. The molecule has 7 nitrogen and oxygen atoms in total. The van der Waals surface area contributed by atoms with Crippen molar-refractivity contribution in [3.05, 3.63) is 83.4 Å². The van der Waals surface area contributed by atoms with E-state index in [1.54, 1.807) is 6.07 Å². The Labute approximate surface area is 144 Å². The van der Waals surface area contributed by atoms with Gasteiger partial charge in [-0.1, -0.05) is 11.2 Å². The predicted octanol–water partition coefficient (Wildman–Crippen LogP) is 1.31. The van der Waals surface area contributed by atoms with Crippen LogP contribution in [0.1, 0.15) is 23.2 Å². The highest BCUT2D eigenvalue weighted by molar-refractivity contribution is 5.94. The molecule has 2 aliphatic rings. The van der Waals surface area contributed by atoms with Crippen molar-refractivity contribution in [3.63, 3.8) is 0 Å². The lowest BCUT2D eigenvalue weighted by atomic mass is 10.2. The Balaban J connectivity index is 1.54. The third kappa shape index (κ3) is 2.91. The Hall–Kier alpha value is -3.35. The van der Waals surface area contributed by atoms with Crippen LogP contribution < -0.4 is 15.6 Å². The first-order valence-corrected chi connectivity index (χ1v) is 8.03. The van der Waals surface area contributed by atoms with Crippen molar-refractivity contribution in [1.82, 2.24) is 20.7 Å². The molecule has 25 heavy (non-hydrogen) atoms. The van der Waals surface area contributed by atoms with Crippen molar-refractivity contribution in [2.45, 2.75) is 19.6 Å². The number of carbonyl (C=O) groups is 1. The number of fused-ring (bicyclic) bond motifs is 1. The summed E-state index contributed by atoms with van der Waals surface area (Å²) >= 11 is 0. The van der Waals surface area contributed by atoms with Gasteiger partial charge in [-0.15, -0.1) is 0 Å². The number of hydrogen-bond acceptors (Lipinski definition) is 5. The molecule has 126 valence electrons. The maximum atomic E-state index is 12.7. The van der Waals surface area contributed by atoms with Gasteiger partial charge >= 0.3 is 0 Å². The minimum absolute atomic E-state index is 0.135. The Bertz CT molecular complexity index is 882. The molecule has 1 atom stereocenters. The Morgan fingerprint density at radius 3 is 3.16 bits per heavy atom. The summed E-state index contributed by atoms with van der Waals surface area (Å²) < 4.78 is 5.02. The van der Waals surface area contributed by atoms with E-state index < -0.39 is 0 Å². The van der Waals surface area contributed by atoms with Gasteiger partial charge in [0, 0.05) is 18.3 Å². The number of pyridine rings is 1. The van der Waals surface area contributed by atoms with E-state index in [1.165, 1.54) is 0 Å². The van der Waals surface area contributed by atoms with E-state index in [0.717, 1.165) is 17.0 Å². The molecule has 3 N–H and O–H groups in total. The second kappa shape index (κ2) is 6.27. The molecule has 4 rings (SSSR count). The highest BCUT2D eigenvalue weighted by Gasteiger charge is 2.34. The summed E-state index contributed by atoms with van der Waals surface area (Å²) in [4.78, 5) is 17.8. The number of rotatable bonds is 4. The number of aryl methyl sites for hydroxylation is 1. The standard InChI is InChI=1S/C18H17N5O2/c1-12-9-14(22-25-12)11-20-18(24)16-15-6-2-3-8-23(15)17(21-16)13-5-4-7-19-10-13/h2-10,17,21H,11H2,1H3,(H,20,24)/p+1. The second-order valence-corrected chi connectivity index (χ2v) is 5.86. The molecule has 0 radical (unpaired) electrons. The molecule has 2 aliphatic heterocycles. The van der Waals surface area contributed by atoms with Gasteiger partial charge < -0.3 is 20.1 Å². The zero-order valence-corrected chi connectivity index (χ0v) is 13.7. The number of nitrogens with zero attached hydrogens (tertiary/aromatic N) is 2. The molecule has 1 amide bonds.